The molecule has 0 bridgehead atoms. The maximum absolute atomic E-state index is 13.2. The summed E-state index contributed by atoms with van der Waals surface area (Å²) in [5.74, 6) is 0.463. The Labute approximate surface area is 208 Å². The van der Waals surface area contributed by atoms with E-state index in [4.69, 9.17) is 4.74 Å². The lowest BCUT2D eigenvalue weighted by Crippen LogP contribution is -2.68. The van der Waals surface area contributed by atoms with Gasteiger partial charge in [-0.25, -0.2) is 0 Å². The van der Waals surface area contributed by atoms with E-state index in [1.165, 1.54) is 11.1 Å². The lowest BCUT2D eigenvalue weighted by molar-refractivity contribution is -0.138. The molecule has 0 spiro atoms. The number of amides is 1. The highest BCUT2D eigenvalue weighted by molar-refractivity contribution is 5.78. The van der Waals surface area contributed by atoms with Crippen LogP contribution in [0.4, 0.5) is 0 Å². The highest BCUT2D eigenvalue weighted by atomic mass is 16.5. The zero-order chi connectivity index (χ0) is 24.0. The van der Waals surface area contributed by atoms with Crippen molar-refractivity contribution in [3.63, 3.8) is 0 Å². The molecule has 3 atom stereocenters. The lowest BCUT2D eigenvalue weighted by atomic mass is 9.74. The maximum Gasteiger partial charge on any atom is 0.236 e. The molecular formula is C29H37N3O3. The Morgan fingerprint density at radius 3 is 2.31 bits per heavy atom. The van der Waals surface area contributed by atoms with Crippen LogP contribution in [-0.4, -0.2) is 96.9 Å². The molecule has 1 N–H and O–H groups in total. The summed E-state index contributed by atoms with van der Waals surface area (Å²) in [6, 6.07) is 19.4. The minimum Gasteiger partial charge on any atom is -0.395 e. The van der Waals surface area contributed by atoms with Gasteiger partial charge in [0.15, 0.2) is 0 Å². The molecule has 6 nitrogen and oxygen atoms in total. The molecule has 5 rings (SSSR count). The van der Waals surface area contributed by atoms with Crippen LogP contribution in [0.15, 0.2) is 54.6 Å². The van der Waals surface area contributed by atoms with Crippen molar-refractivity contribution in [3.8, 4) is 0 Å². The second-order valence-electron chi connectivity index (χ2n) is 9.93. The van der Waals surface area contributed by atoms with Gasteiger partial charge in [0, 0.05) is 44.2 Å². The molecule has 0 unspecified atom stereocenters. The van der Waals surface area contributed by atoms with Gasteiger partial charge in [0.2, 0.25) is 5.91 Å². The van der Waals surface area contributed by atoms with Crippen LogP contribution in [0.3, 0.4) is 0 Å². The van der Waals surface area contributed by atoms with E-state index in [-0.39, 0.29) is 30.5 Å². The summed E-state index contributed by atoms with van der Waals surface area (Å²) in [4.78, 5) is 19.9. The minimum absolute atomic E-state index is 0.125. The summed E-state index contributed by atoms with van der Waals surface area (Å²) >= 11 is 0. The van der Waals surface area contributed by atoms with E-state index in [1.807, 2.05) is 18.2 Å². The largest absolute Gasteiger partial charge is 0.395 e. The first kappa shape index (κ1) is 24.2. The fourth-order valence-corrected chi connectivity index (χ4v) is 5.80. The Kier molecular flexibility index (Phi) is 7.94. The summed E-state index contributed by atoms with van der Waals surface area (Å²) in [5, 5.41) is 10.2. The van der Waals surface area contributed by atoms with Crippen molar-refractivity contribution in [3.05, 3.63) is 71.3 Å². The van der Waals surface area contributed by atoms with Crippen molar-refractivity contribution in [2.45, 2.75) is 30.8 Å². The third kappa shape index (κ3) is 5.67. The van der Waals surface area contributed by atoms with E-state index in [9.17, 15) is 9.90 Å². The molecule has 3 heterocycles. The molecule has 186 valence electrons. The third-order valence-corrected chi connectivity index (χ3v) is 7.77. The van der Waals surface area contributed by atoms with Gasteiger partial charge in [-0.3, -0.25) is 14.6 Å². The summed E-state index contributed by atoms with van der Waals surface area (Å²) in [6.45, 7) is 6.26. The number of hydrogen-bond acceptors (Lipinski definition) is 5. The van der Waals surface area contributed by atoms with Crippen LogP contribution >= 0.6 is 0 Å². The number of carbonyl (C=O) groups excluding carboxylic acids is 1. The van der Waals surface area contributed by atoms with Gasteiger partial charge in [-0.15, -0.1) is 0 Å². The molecule has 0 radical (unpaired) electrons. The molecule has 0 aromatic heterocycles. The Bertz CT molecular complexity index is 988. The summed E-state index contributed by atoms with van der Waals surface area (Å²) < 4.78 is 5.44. The average molecular weight is 476 g/mol. The maximum atomic E-state index is 13.2. The number of rotatable bonds is 6. The van der Waals surface area contributed by atoms with Crippen molar-refractivity contribution in [1.29, 1.82) is 0 Å². The van der Waals surface area contributed by atoms with Gasteiger partial charge < -0.3 is 14.7 Å². The number of carbonyl (C=O) groups is 1. The van der Waals surface area contributed by atoms with E-state index >= 15 is 0 Å². The van der Waals surface area contributed by atoms with Crippen molar-refractivity contribution in [2.24, 2.45) is 0 Å². The molecule has 0 aliphatic carbocycles. The SMILES string of the molecule is O=C(CN1CCOCC1)N1CCCCN2[C@@H](CO)[C@H](c3ccc(/C=C/c4ccccc4)cc3)[C@@H]2C1. The van der Waals surface area contributed by atoms with Gasteiger partial charge in [-0.1, -0.05) is 66.7 Å². The van der Waals surface area contributed by atoms with Crippen molar-refractivity contribution in [2.75, 3.05) is 59.1 Å². The second kappa shape index (κ2) is 11.5. The summed E-state index contributed by atoms with van der Waals surface area (Å²) in [5.41, 5.74) is 3.60. The number of aliphatic hydroxyl groups is 1. The third-order valence-electron chi connectivity index (χ3n) is 7.77. The van der Waals surface area contributed by atoms with E-state index in [0.29, 0.717) is 19.8 Å². The molecule has 0 saturated carbocycles. The van der Waals surface area contributed by atoms with Gasteiger partial charge in [-0.2, -0.15) is 0 Å². The van der Waals surface area contributed by atoms with Crippen LogP contribution in [-0.2, 0) is 9.53 Å². The molecule has 3 aliphatic heterocycles. The minimum atomic E-state index is 0.125. The van der Waals surface area contributed by atoms with Crippen LogP contribution in [0.5, 0.6) is 0 Å². The number of fused-ring (bicyclic) bond motifs is 1. The Morgan fingerprint density at radius 1 is 0.914 bits per heavy atom. The van der Waals surface area contributed by atoms with Crippen molar-refractivity contribution < 1.29 is 14.6 Å². The molecule has 3 aliphatic rings. The van der Waals surface area contributed by atoms with Crippen LogP contribution in [0.2, 0.25) is 0 Å². The number of nitrogens with zero attached hydrogens (tertiary/aromatic N) is 3. The van der Waals surface area contributed by atoms with E-state index < -0.39 is 0 Å². The Balaban J connectivity index is 1.28. The summed E-state index contributed by atoms with van der Waals surface area (Å²) in [6.07, 6.45) is 6.34. The molecule has 6 heteroatoms. The van der Waals surface area contributed by atoms with Gasteiger partial charge >= 0.3 is 0 Å². The standard InChI is InChI=1S/C29H37N3O3/c33-22-27-29(25-12-10-24(11-13-25)9-8-23-6-2-1-3-7-23)26-20-31(14-4-5-15-32(26)27)28(34)21-30-16-18-35-19-17-30/h1-3,6-13,26-27,29,33H,4-5,14-22H2/b9-8+/t26-,27-,29+/m0/s1. The van der Waals surface area contributed by atoms with E-state index in [0.717, 1.165) is 51.1 Å². The monoisotopic (exact) mass is 475 g/mol. The van der Waals surface area contributed by atoms with E-state index in [2.05, 4.69) is 63.2 Å². The number of morpholine rings is 1. The average Bonchev–Trinajstić information content (AvgIpc) is 2.88. The smallest absolute Gasteiger partial charge is 0.236 e. The van der Waals surface area contributed by atoms with Gasteiger partial charge in [0.1, 0.15) is 0 Å². The van der Waals surface area contributed by atoms with Gasteiger partial charge in [-0.05, 0) is 36.1 Å². The topological polar surface area (TPSA) is 56.2 Å². The fraction of sp³-hybridized carbons (Fsp3) is 0.483. The number of aliphatic hydroxyl groups excluding tert-OH is 1. The molecule has 3 fully saturated rings. The van der Waals surface area contributed by atoms with Gasteiger partial charge in [0.05, 0.1) is 26.4 Å². The van der Waals surface area contributed by atoms with Crippen LogP contribution in [0.1, 0.15) is 35.4 Å². The highest BCUT2D eigenvalue weighted by Gasteiger charge is 2.49. The molecule has 1 amide bonds. The molecule has 2 aromatic carbocycles. The van der Waals surface area contributed by atoms with Crippen molar-refractivity contribution in [1.82, 2.24) is 14.7 Å². The molecule has 3 saturated heterocycles. The lowest BCUT2D eigenvalue weighted by Gasteiger charge is -2.57. The van der Waals surface area contributed by atoms with Gasteiger partial charge in [0.25, 0.3) is 0 Å². The number of hydrogen-bond donors (Lipinski definition) is 1. The zero-order valence-corrected chi connectivity index (χ0v) is 20.5. The number of ether oxygens (including phenoxy) is 1. The first-order valence-electron chi connectivity index (χ1n) is 13.0. The Hall–Kier alpha value is -2.51. The molecule has 2 aromatic rings. The fourth-order valence-electron chi connectivity index (χ4n) is 5.80. The molecular weight excluding hydrogens is 438 g/mol. The molecule has 35 heavy (non-hydrogen) atoms. The predicted molar refractivity (Wildman–Crippen MR) is 139 cm³/mol. The summed E-state index contributed by atoms with van der Waals surface area (Å²) in [7, 11) is 0. The zero-order valence-electron chi connectivity index (χ0n) is 20.5. The Morgan fingerprint density at radius 2 is 1.60 bits per heavy atom. The highest BCUT2D eigenvalue weighted by Crippen LogP contribution is 2.42. The first-order chi connectivity index (χ1) is 17.2. The van der Waals surface area contributed by atoms with Crippen LogP contribution in [0, 0.1) is 0 Å². The first-order valence-corrected chi connectivity index (χ1v) is 13.0. The number of benzene rings is 2. The van der Waals surface area contributed by atoms with Crippen LogP contribution in [0.25, 0.3) is 12.2 Å². The second-order valence-corrected chi connectivity index (χ2v) is 9.93. The van der Waals surface area contributed by atoms with Crippen molar-refractivity contribution >= 4 is 18.1 Å². The quantitative estimate of drug-likeness (QED) is 0.651. The normalized spacial score (nSPS) is 26.1. The van der Waals surface area contributed by atoms with Crippen LogP contribution < -0.4 is 0 Å². The predicted octanol–water partition coefficient (Wildman–Crippen LogP) is 2.94. The van der Waals surface area contributed by atoms with E-state index in [1.54, 1.807) is 0 Å².